The number of benzene rings is 1. The van der Waals surface area contributed by atoms with Crippen LogP contribution in [0.4, 0.5) is 13.2 Å². The lowest BCUT2D eigenvalue weighted by molar-refractivity contribution is -0.137. The molecule has 2 aromatic rings. The second kappa shape index (κ2) is 10.3. The fourth-order valence-electron chi connectivity index (χ4n) is 3.22. The number of hydrogen-bond acceptors (Lipinski definition) is 3. The highest BCUT2D eigenvalue weighted by atomic mass is 127. The van der Waals surface area contributed by atoms with Crippen LogP contribution in [0.25, 0.3) is 0 Å². The summed E-state index contributed by atoms with van der Waals surface area (Å²) in [6.45, 7) is 4.82. The first-order valence-corrected chi connectivity index (χ1v) is 9.10. The number of halogens is 4. The lowest BCUT2D eigenvalue weighted by Crippen LogP contribution is -2.48. The predicted octanol–water partition coefficient (Wildman–Crippen LogP) is 3.48. The molecule has 1 aromatic carbocycles. The van der Waals surface area contributed by atoms with E-state index in [9.17, 15) is 13.2 Å². The van der Waals surface area contributed by atoms with Crippen LogP contribution in [0.15, 0.2) is 41.7 Å². The van der Waals surface area contributed by atoms with Gasteiger partial charge in [-0.1, -0.05) is 12.1 Å². The van der Waals surface area contributed by atoms with Crippen molar-refractivity contribution in [1.29, 1.82) is 0 Å². The molecule has 0 aliphatic carbocycles. The number of morpholine rings is 1. The zero-order chi connectivity index (χ0) is 20.1. The van der Waals surface area contributed by atoms with E-state index in [2.05, 4.69) is 15.3 Å². The number of nitrogens with zero attached hydrogens (tertiary/aromatic N) is 4. The molecule has 1 fully saturated rings. The number of rotatable bonds is 4. The summed E-state index contributed by atoms with van der Waals surface area (Å²) in [5, 5.41) is 3.30. The lowest BCUT2D eigenvalue weighted by Gasteiger charge is -2.35. The van der Waals surface area contributed by atoms with Gasteiger partial charge in [0.2, 0.25) is 0 Å². The number of imidazole rings is 1. The number of hydrogen-bond donors (Lipinski definition) is 1. The van der Waals surface area contributed by atoms with Crippen molar-refractivity contribution in [2.45, 2.75) is 25.7 Å². The smallest absolute Gasteiger partial charge is 0.370 e. The van der Waals surface area contributed by atoms with Gasteiger partial charge in [-0.2, -0.15) is 13.2 Å². The number of aliphatic imine (C=N–C) groups is 1. The second-order valence-corrected chi connectivity index (χ2v) is 6.57. The third kappa shape index (κ3) is 6.08. The Bertz CT molecular complexity index is 824. The molecule has 0 saturated carbocycles. The van der Waals surface area contributed by atoms with E-state index in [1.54, 1.807) is 19.3 Å². The van der Waals surface area contributed by atoms with E-state index < -0.39 is 17.8 Å². The molecular formula is C19H25F3IN5O. The summed E-state index contributed by atoms with van der Waals surface area (Å²) in [6.07, 6.45) is -1.14. The molecule has 1 aromatic heterocycles. The maximum Gasteiger partial charge on any atom is 0.416 e. The van der Waals surface area contributed by atoms with Crippen molar-refractivity contribution in [3.8, 4) is 0 Å². The molecule has 0 radical (unpaired) electrons. The third-order valence-electron chi connectivity index (χ3n) is 4.72. The quantitative estimate of drug-likeness (QED) is 0.379. The zero-order valence-corrected chi connectivity index (χ0v) is 18.6. The van der Waals surface area contributed by atoms with Crippen LogP contribution >= 0.6 is 24.0 Å². The average Bonchev–Trinajstić information content (AvgIpc) is 3.09. The zero-order valence-electron chi connectivity index (χ0n) is 16.3. The van der Waals surface area contributed by atoms with Gasteiger partial charge in [-0.05, 0) is 24.6 Å². The van der Waals surface area contributed by atoms with Crippen molar-refractivity contribution in [3.63, 3.8) is 0 Å². The Hall–Kier alpha value is -1.82. The van der Waals surface area contributed by atoms with Crippen LogP contribution in [-0.2, 0) is 17.5 Å². The highest BCUT2D eigenvalue weighted by Gasteiger charge is 2.32. The summed E-state index contributed by atoms with van der Waals surface area (Å²) >= 11 is 0. The van der Waals surface area contributed by atoms with Crippen molar-refractivity contribution < 1.29 is 17.9 Å². The molecule has 1 N–H and O–H groups in total. The summed E-state index contributed by atoms with van der Waals surface area (Å²) in [5.41, 5.74) is -0.145. The number of guanidine groups is 1. The molecule has 6 nitrogen and oxygen atoms in total. The lowest BCUT2D eigenvalue weighted by atomic mass is 10.0. The normalized spacial score (nSPS) is 17.8. The average molecular weight is 523 g/mol. The summed E-state index contributed by atoms with van der Waals surface area (Å²) in [6, 6.07) is 5.32. The first kappa shape index (κ1) is 23.5. The van der Waals surface area contributed by atoms with Crippen molar-refractivity contribution >= 4 is 29.9 Å². The molecule has 1 aliphatic heterocycles. The van der Waals surface area contributed by atoms with E-state index in [0.29, 0.717) is 37.8 Å². The van der Waals surface area contributed by atoms with E-state index in [1.165, 1.54) is 6.07 Å². The van der Waals surface area contributed by atoms with Gasteiger partial charge in [0, 0.05) is 39.1 Å². The maximum atomic E-state index is 13.0. The third-order valence-corrected chi connectivity index (χ3v) is 4.72. The number of nitrogens with one attached hydrogen (secondary N) is 1. The van der Waals surface area contributed by atoms with Crippen molar-refractivity contribution in [2.75, 3.05) is 33.3 Å². The van der Waals surface area contributed by atoms with Gasteiger partial charge < -0.3 is 19.5 Å². The fourth-order valence-corrected chi connectivity index (χ4v) is 3.22. The van der Waals surface area contributed by atoms with Crippen LogP contribution in [-0.4, -0.2) is 53.7 Å². The van der Waals surface area contributed by atoms with Gasteiger partial charge in [0.25, 0.3) is 0 Å². The summed E-state index contributed by atoms with van der Waals surface area (Å²) in [4.78, 5) is 10.5. The second-order valence-electron chi connectivity index (χ2n) is 6.57. The minimum Gasteiger partial charge on any atom is -0.370 e. The fraction of sp³-hybridized carbons (Fsp3) is 0.474. The molecule has 0 amide bonds. The van der Waals surface area contributed by atoms with E-state index in [0.717, 1.165) is 24.5 Å². The van der Waals surface area contributed by atoms with Gasteiger partial charge in [0.05, 0.1) is 18.7 Å². The minimum absolute atomic E-state index is 0. The summed E-state index contributed by atoms with van der Waals surface area (Å²) in [5.74, 6) is 1.64. The molecule has 1 atom stereocenters. The molecule has 1 unspecified atom stereocenters. The highest BCUT2D eigenvalue weighted by Crippen LogP contribution is 2.32. The molecule has 0 bridgehead atoms. The van der Waals surface area contributed by atoms with Crippen molar-refractivity contribution in [1.82, 2.24) is 19.8 Å². The summed E-state index contributed by atoms with van der Waals surface area (Å²) < 4.78 is 46.7. The molecule has 2 heterocycles. The standard InChI is InChI=1S/C19H24F3N5O.HI/c1-14-24-6-8-26(14)9-7-25-18(23-2)27-10-11-28-17(13-27)15-4-3-5-16(12-15)19(20,21)22;/h3-6,8,12,17H,7,9-11,13H2,1-2H3,(H,23,25);1H. The van der Waals surface area contributed by atoms with Crippen LogP contribution in [0.3, 0.4) is 0 Å². The number of ether oxygens (including phenoxy) is 1. The molecular weight excluding hydrogens is 498 g/mol. The Balaban J connectivity index is 0.00000300. The van der Waals surface area contributed by atoms with Gasteiger partial charge in [0.15, 0.2) is 5.96 Å². The van der Waals surface area contributed by atoms with Crippen LogP contribution < -0.4 is 5.32 Å². The van der Waals surface area contributed by atoms with Crippen molar-refractivity contribution in [2.24, 2.45) is 4.99 Å². The summed E-state index contributed by atoms with van der Waals surface area (Å²) in [7, 11) is 1.69. The molecule has 29 heavy (non-hydrogen) atoms. The Morgan fingerprint density at radius 3 is 2.83 bits per heavy atom. The monoisotopic (exact) mass is 523 g/mol. The van der Waals surface area contributed by atoms with E-state index in [1.807, 2.05) is 22.6 Å². The SMILES string of the molecule is CN=C(NCCn1ccnc1C)N1CCOC(c2cccc(C(F)(F)F)c2)C1.I. The Morgan fingerprint density at radius 1 is 1.38 bits per heavy atom. The van der Waals surface area contributed by atoms with Crippen LogP contribution in [0, 0.1) is 6.92 Å². The van der Waals surface area contributed by atoms with Gasteiger partial charge in [-0.25, -0.2) is 4.98 Å². The molecule has 0 spiro atoms. The highest BCUT2D eigenvalue weighted by molar-refractivity contribution is 14.0. The van der Waals surface area contributed by atoms with E-state index >= 15 is 0 Å². The molecule has 3 rings (SSSR count). The van der Waals surface area contributed by atoms with Crippen LogP contribution in [0.1, 0.15) is 23.1 Å². The first-order chi connectivity index (χ1) is 13.4. The van der Waals surface area contributed by atoms with E-state index in [4.69, 9.17) is 4.74 Å². The van der Waals surface area contributed by atoms with E-state index in [-0.39, 0.29) is 24.0 Å². The number of aryl methyl sites for hydroxylation is 1. The minimum atomic E-state index is -4.37. The predicted molar refractivity (Wildman–Crippen MR) is 115 cm³/mol. The topological polar surface area (TPSA) is 54.7 Å². The maximum absolute atomic E-state index is 13.0. The molecule has 1 aliphatic rings. The number of alkyl halides is 3. The largest absolute Gasteiger partial charge is 0.416 e. The first-order valence-electron chi connectivity index (χ1n) is 9.10. The molecule has 10 heteroatoms. The Labute approximate surface area is 185 Å². The van der Waals surface area contributed by atoms with Gasteiger partial charge in [-0.3, -0.25) is 4.99 Å². The molecule has 160 valence electrons. The van der Waals surface area contributed by atoms with Gasteiger partial charge >= 0.3 is 6.18 Å². The Kier molecular flexibility index (Phi) is 8.32. The molecule has 1 saturated heterocycles. The van der Waals surface area contributed by atoms with Gasteiger partial charge in [-0.15, -0.1) is 24.0 Å². The Morgan fingerprint density at radius 2 is 2.17 bits per heavy atom. The van der Waals surface area contributed by atoms with Gasteiger partial charge in [0.1, 0.15) is 11.9 Å². The van der Waals surface area contributed by atoms with Crippen molar-refractivity contribution in [3.05, 3.63) is 53.6 Å². The number of aromatic nitrogens is 2. The van der Waals surface area contributed by atoms with Crippen LogP contribution in [0.2, 0.25) is 0 Å². The van der Waals surface area contributed by atoms with Crippen LogP contribution in [0.5, 0.6) is 0 Å².